The van der Waals surface area contributed by atoms with Crippen LogP contribution >= 0.6 is 0 Å². The van der Waals surface area contributed by atoms with E-state index in [1.54, 1.807) is 24.2 Å². The smallest absolute Gasteiger partial charge is 0.254 e. The van der Waals surface area contributed by atoms with Gasteiger partial charge in [0.2, 0.25) is 0 Å². The van der Waals surface area contributed by atoms with Crippen LogP contribution in [0.1, 0.15) is 16.1 Å². The van der Waals surface area contributed by atoms with Crippen LogP contribution in [-0.2, 0) is 6.54 Å². The Kier molecular flexibility index (Phi) is 4.06. The fourth-order valence-electron chi connectivity index (χ4n) is 2.70. The minimum Gasteiger partial charge on any atom is -0.494 e. The number of hydrogen-bond acceptors (Lipinski definition) is 5. The third-order valence-corrected chi connectivity index (χ3v) is 4.01. The second-order valence-electron chi connectivity index (χ2n) is 5.60. The molecule has 0 aliphatic carbocycles. The fourth-order valence-corrected chi connectivity index (χ4v) is 2.70. The average molecular weight is 348 g/mol. The first-order valence-electron chi connectivity index (χ1n) is 8.00. The normalized spacial score (nSPS) is 10.8. The topological polar surface area (TPSA) is 97.7 Å². The van der Waals surface area contributed by atoms with Crippen molar-refractivity contribution in [1.29, 1.82) is 0 Å². The lowest BCUT2D eigenvalue weighted by atomic mass is 10.2. The minimum atomic E-state index is -0.224. The zero-order valence-electron chi connectivity index (χ0n) is 14.0. The zero-order valence-corrected chi connectivity index (χ0v) is 14.0. The fraction of sp³-hybridized carbons (Fsp3) is 0.111. The molecule has 0 atom stereocenters. The predicted molar refractivity (Wildman–Crippen MR) is 95.2 cm³/mol. The Labute approximate surface area is 148 Å². The van der Waals surface area contributed by atoms with Gasteiger partial charge >= 0.3 is 0 Å². The van der Waals surface area contributed by atoms with Gasteiger partial charge < -0.3 is 10.1 Å². The number of fused-ring (bicyclic) bond motifs is 1. The molecule has 0 bridgehead atoms. The summed E-state index contributed by atoms with van der Waals surface area (Å²) in [4.78, 5) is 16.6. The molecule has 3 aromatic heterocycles. The second kappa shape index (κ2) is 6.67. The lowest BCUT2D eigenvalue weighted by Crippen LogP contribution is -2.22. The maximum Gasteiger partial charge on any atom is 0.254 e. The van der Waals surface area contributed by atoms with Crippen molar-refractivity contribution >= 4 is 16.9 Å². The molecule has 0 aliphatic heterocycles. The number of aromatic amines is 1. The molecule has 0 saturated heterocycles. The number of amides is 1. The van der Waals surface area contributed by atoms with Gasteiger partial charge in [0.1, 0.15) is 11.4 Å². The Hall–Kier alpha value is -3.68. The Morgan fingerprint density at radius 3 is 3.04 bits per heavy atom. The highest BCUT2D eigenvalue weighted by Crippen LogP contribution is 2.21. The lowest BCUT2D eigenvalue weighted by molar-refractivity contribution is 0.0950. The summed E-state index contributed by atoms with van der Waals surface area (Å²) in [5.41, 5.74) is 2.65. The van der Waals surface area contributed by atoms with E-state index >= 15 is 0 Å². The maximum atomic E-state index is 12.4. The molecule has 4 rings (SSSR count). The quantitative estimate of drug-likeness (QED) is 0.575. The van der Waals surface area contributed by atoms with Gasteiger partial charge in [-0.3, -0.25) is 9.89 Å². The van der Waals surface area contributed by atoms with Gasteiger partial charge in [0, 0.05) is 17.8 Å². The second-order valence-corrected chi connectivity index (χ2v) is 5.60. The molecule has 26 heavy (non-hydrogen) atoms. The number of nitrogens with one attached hydrogen (secondary N) is 2. The highest BCUT2D eigenvalue weighted by Gasteiger charge is 2.13. The zero-order chi connectivity index (χ0) is 17.9. The van der Waals surface area contributed by atoms with Gasteiger partial charge in [0.15, 0.2) is 5.65 Å². The molecule has 4 aromatic rings. The molecule has 0 spiro atoms. The van der Waals surface area contributed by atoms with E-state index in [0.29, 0.717) is 23.5 Å². The predicted octanol–water partition coefficient (Wildman–Crippen LogP) is 2.08. The van der Waals surface area contributed by atoms with Crippen molar-refractivity contribution in [3.63, 3.8) is 0 Å². The van der Waals surface area contributed by atoms with E-state index in [9.17, 15) is 4.79 Å². The van der Waals surface area contributed by atoms with Crippen molar-refractivity contribution < 1.29 is 9.53 Å². The first-order chi connectivity index (χ1) is 12.8. The highest BCUT2D eigenvalue weighted by atomic mass is 16.5. The van der Waals surface area contributed by atoms with Crippen LogP contribution < -0.4 is 10.1 Å². The molecule has 1 aromatic carbocycles. The molecule has 8 heteroatoms. The van der Waals surface area contributed by atoms with Gasteiger partial charge in [-0.15, -0.1) is 0 Å². The number of ether oxygens (including phenoxy) is 1. The van der Waals surface area contributed by atoms with Gasteiger partial charge in [0.25, 0.3) is 5.91 Å². The molecule has 0 unspecified atom stereocenters. The summed E-state index contributed by atoms with van der Waals surface area (Å²) in [6.07, 6.45) is 4.87. The molecule has 3 heterocycles. The average Bonchev–Trinajstić information content (AvgIpc) is 3.33. The third kappa shape index (κ3) is 2.88. The summed E-state index contributed by atoms with van der Waals surface area (Å²) in [5, 5.41) is 15.0. The lowest BCUT2D eigenvalue weighted by Gasteiger charge is -2.07. The van der Waals surface area contributed by atoms with E-state index in [0.717, 1.165) is 16.8 Å². The van der Waals surface area contributed by atoms with Crippen molar-refractivity contribution in [2.75, 3.05) is 7.11 Å². The summed E-state index contributed by atoms with van der Waals surface area (Å²) in [7, 11) is 1.60. The van der Waals surface area contributed by atoms with Crippen LogP contribution in [0, 0.1) is 0 Å². The van der Waals surface area contributed by atoms with Gasteiger partial charge in [-0.1, -0.05) is 12.1 Å². The van der Waals surface area contributed by atoms with E-state index in [1.165, 1.54) is 6.20 Å². The van der Waals surface area contributed by atoms with Crippen molar-refractivity contribution in [1.82, 2.24) is 30.3 Å². The number of rotatable bonds is 5. The minimum absolute atomic E-state index is 0.224. The van der Waals surface area contributed by atoms with Crippen LogP contribution in [0.4, 0.5) is 0 Å². The van der Waals surface area contributed by atoms with E-state index in [-0.39, 0.29) is 5.91 Å². The number of carbonyl (C=O) groups excluding carboxylic acids is 1. The van der Waals surface area contributed by atoms with Gasteiger partial charge in [0.05, 0.1) is 31.1 Å². The molecular weight excluding hydrogens is 332 g/mol. The molecule has 0 fully saturated rings. The van der Waals surface area contributed by atoms with Crippen molar-refractivity contribution in [3.8, 4) is 11.4 Å². The van der Waals surface area contributed by atoms with Crippen LogP contribution in [0.2, 0.25) is 0 Å². The van der Waals surface area contributed by atoms with Crippen LogP contribution in [0.25, 0.3) is 16.7 Å². The molecule has 2 N–H and O–H groups in total. The summed E-state index contributed by atoms with van der Waals surface area (Å²) >= 11 is 0. The Morgan fingerprint density at radius 1 is 1.27 bits per heavy atom. The Bertz CT molecular complexity index is 1070. The van der Waals surface area contributed by atoms with E-state index in [1.807, 2.05) is 36.4 Å². The standard InChI is InChI=1S/C18H16N6O2/c1-26-16-7-3-2-6-15(16)24-11-12(9-21-24)18(25)20-10-14-13-5-4-8-19-17(13)23-22-14/h2-9,11H,10H2,1H3,(H,20,25)(H,19,22,23). The largest absolute Gasteiger partial charge is 0.494 e. The summed E-state index contributed by atoms with van der Waals surface area (Å²) in [6.45, 7) is 0.320. The number of aromatic nitrogens is 5. The molecule has 0 saturated carbocycles. The Balaban J connectivity index is 1.50. The van der Waals surface area contributed by atoms with Gasteiger partial charge in [-0.05, 0) is 24.3 Å². The number of benzene rings is 1. The molecule has 0 radical (unpaired) electrons. The van der Waals surface area contributed by atoms with Crippen LogP contribution in [0.3, 0.4) is 0 Å². The number of pyridine rings is 1. The van der Waals surface area contributed by atoms with Crippen LogP contribution in [-0.4, -0.2) is 38.0 Å². The number of methoxy groups -OCH3 is 1. The van der Waals surface area contributed by atoms with Crippen molar-refractivity contribution in [3.05, 3.63) is 66.2 Å². The summed E-state index contributed by atoms with van der Waals surface area (Å²) in [6, 6.07) is 11.2. The number of para-hydroxylation sites is 2. The number of hydrogen-bond donors (Lipinski definition) is 2. The number of carbonyl (C=O) groups is 1. The third-order valence-electron chi connectivity index (χ3n) is 4.01. The van der Waals surface area contributed by atoms with E-state index < -0.39 is 0 Å². The van der Waals surface area contributed by atoms with E-state index in [2.05, 4.69) is 25.6 Å². The molecule has 8 nitrogen and oxygen atoms in total. The number of nitrogens with zero attached hydrogens (tertiary/aromatic N) is 4. The van der Waals surface area contributed by atoms with Crippen molar-refractivity contribution in [2.45, 2.75) is 6.54 Å². The number of H-pyrrole nitrogens is 1. The molecule has 0 aliphatic rings. The maximum absolute atomic E-state index is 12.4. The Morgan fingerprint density at radius 2 is 2.15 bits per heavy atom. The molecule has 1 amide bonds. The van der Waals surface area contributed by atoms with Gasteiger partial charge in [-0.2, -0.15) is 10.2 Å². The van der Waals surface area contributed by atoms with Crippen LogP contribution in [0.5, 0.6) is 5.75 Å². The first-order valence-corrected chi connectivity index (χ1v) is 8.00. The summed E-state index contributed by atoms with van der Waals surface area (Å²) in [5.74, 6) is 0.455. The van der Waals surface area contributed by atoms with E-state index in [4.69, 9.17) is 4.74 Å². The monoisotopic (exact) mass is 348 g/mol. The van der Waals surface area contributed by atoms with Crippen molar-refractivity contribution in [2.24, 2.45) is 0 Å². The first kappa shape index (κ1) is 15.8. The highest BCUT2D eigenvalue weighted by molar-refractivity contribution is 5.94. The SMILES string of the molecule is COc1ccccc1-n1cc(C(=O)NCc2[nH]nc3ncccc23)cn1. The molecule has 130 valence electrons. The summed E-state index contributed by atoms with van der Waals surface area (Å²) < 4.78 is 6.94. The molecular formula is C18H16N6O2. The van der Waals surface area contributed by atoms with Gasteiger partial charge in [-0.25, -0.2) is 9.67 Å². The van der Waals surface area contributed by atoms with Crippen LogP contribution in [0.15, 0.2) is 55.0 Å².